The summed E-state index contributed by atoms with van der Waals surface area (Å²) in [4.78, 5) is 22.2. The Morgan fingerprint density at radius 2 is 1.74 bits per heavy atom. The van der Waals surface area contributed by atoms with E-state index < -0.39 is 0 Å². The normalized spacial score (nSPS) is 18.4. The van der Waals surface area contributed by atoms with Crippen molar-refractivity contribution in [1.29, 1.82) is 0 Å². The third-order valence-electron chi connectivity index (χ3n) is 6.89. The van der Waals surface area contributed by atoms with E-state index in [4.69, 9.17) is 10.5 Å². The van der Waals surface area contributed by atoms with Crippen molar-refractivity contribution in [3.8, 4) is 16.9 Å². The van der Waals surface area contributed by atoms with E-state index in [0.717, 1.165) is 48.2 Å². The molecule has 176 valence electrons. The molecule has 0 saturated carbocycles. The van der Waals surface area contributed by atoms with Gasteiger partial charge in [0.05, 0.1) is 0 Å². The number of pyridine rings is 1. The number of rotatable bonds is 7. The van der Waals surface area contributed by atoms with E-state index in [2.05, 4.69) is 14.8 Å². The zero-order valence-electron chi connectivity index (χ0n) is 19.5. The molecule has 5 rings (SSSR count). The molecule has 2 aliphatic heterocycles. The Labute approximate surface area is 201 Å². The zero-order valence-corrected chi connectivity index (χ0v) is 19.5. The first-order chi connectivity index (χ1) is 16.7. The van der Waals surface area contributed by atoms with Crippen LogP contribution in [0.1, 0.15) is 41.6 Å². The van der Waals surface area contributed by atoms with Gasteiger partial charge < -0.3 is 20.3 Å². The molecule has 1 amide bonds. The zero-order chi connectivity index (χ0) is 23.3. The summed E-state index contributed by atoms with van der Waals surface area (Å²) in [5.74, 6) is 1.06. The smallest absolute Gasteiger partial charge is 0.254 e. The second-order valence-corrected chi connectivity index (χ2v) is 9.26. The van der Waals surface area contributed by atoms with E-state index in [1.54, 1.807) is 6.20 Å². The molecule has 2 N–H and O–H groups in total. The molecule has 3 aromatic rings. The summed E-state index contributed by atoms with van der Waals surface area (Å²) in [6.45, 7) is 4.62. The van der Waals surface area contributed by atoms with Gasteiger partial charge in [-0.25, -0.2) is 4.98 Å². The molecule has 3 heterocycles. The number of benzene rings is 2. The molecule has 0 aliphatic carbocycles. The first-order valence-corrected chi connectivity index (χ1v) is 12.2. The van der Waals surface area contributed by atoms with Crippen LogP contribution in [0, 0.1) is 0 Å². The summed E-state index contributed by atoms with van der Waals surface area (Å²) >= 11 is 0. The van der Waals surface area contributed by atoms with Gasteiger partial charge in [0, 0.05) is 36.5 Å². The lowest BCUT2D eigenvalue weighted by atomic mass is 10.0. The molecule has 34 heavy (non-hydrogen) atoms. The van der Waals surface area contributed by atoms with Crippen molar-refractivity contribution < 1.29 is 9.53 Å². The monoisotopic (exact) mass is 456 g/mol. The lowest BCUT2D eigenvalue weighted by Crippen LogP contribution is -2.42. The molecular formula is C28H32N4O2. The minimum Gasteiger partial charge on any atom is -0.485 e. The average molecular weight is 457 g/mol. The number of nitrogens with zero attached hydrogens (tertiary/aromatic N) is 3. The van der Waals surface area contributed by atoms with Crippen molar-refractivity contribution >= 4 is 11.7 Å². The number of likely N-dealkylation sites (tertiary alicyclic amines) is 2. The maximum absolute atomic E-state index is 13.3. The fourth-order valence-corrected chi connectivity index (χ4v) is 4.99. The quantitative estimate of drug-likeness (QED) is 0.562. The molecule has 2 aromatic carbocycles. The van der Waals surface area contributed by atoms with Crippen molar-refractivity contribution in [3.63, 3.8) is 0 Å². The van der Waals surface area contributed by atoms with E-state index in [9.17, 15) is 4.79 Å². The van der Waals surface area contributed by atoms with Crippen LogP contribution in [0.25, 0.3) is 11.1 Å². The van der Waals surface area contributed by atoms with E-state index >= 15 is 0 Å². The largest absolute Gasteiger partial charge is 0.485 e. The van der Waals surface area contributed by atoms with Gasteiger partial charge in [-0.3, -0.25) is 4.79 Å². The molecule has 0 bridgehead atoms. The van der Waals surface area contributed by atoms with Crippen LogP contribution in [-0.2, 0) is 6.61 Å². The number of carbonyl (C=O) groups excluding carboxylic acids is 1. The molecule has 6 heteroatoms. The van der Waals surface area contributed by atoms with Gasteiger partial charge in [-0.2, -0.15) is 0 Å². The molecule has 1 aromatic heterocycles. The van der Waals surface area contributed by atoms with Gasteiger partial charge in [-0.05, 0) is 68.1 Å². The molecule has 1 unspecified atom stereocenters. The highest BCUT2D eigenvalue weighted by atomic mass is 16.5. The fraction of sp³-hybridized carbons (Fsp3) is 0.357. The Hall–Kier alpha value is -3.38. The summed E-state index contributed by atoms with van der Waals surface area (Å²) in [6.07, 6.45) is 6.49. The van der Waals surface area contributed by atoms with Crippen LogP contribution in [0.15, 0.2) is 66.9 Å². The number of aromatic nitrogens is 1. The average Bonchev–Trinajstić information content (AvgIpc) is 3.56. The van der Waals surface area contributed by atoms with E-state index in [1.807, 2.05) is 60.7 Å². The number of carbonyl (C=O) groups is 1. The summed E-state index contributed by atoms with van der Waals surface area (Å²) in [7, 11) is 0. The lowest BCUT2D eigenvalue weighted by molar-refractivity contribution is 0.0709. The highest BCUT2D eigenvalue weighted by Gasteiger charge is 2.31. The van der Waals surface area contributed by atoms with Gasteiger partial charge in [0.25, 0.3) is 5.91 Å². The van der Waals surface area contributed by atoms with Crippen LogP contribution >= 0.6 is 0 Å². The minimum atomic E-state index is 0.135. The van der Waals surface area contributed by atoms with Gasteiger partial charge in [-0.15, -0.1) is 0 Å². The predicted molar refractivity (Wildman–Crippen MR) is 135 cm³/mol. The molecule has 2 saturated heterocycles. The van der Waals surface area contributed by atoms with Gasteiger partial charge in [-0.1, -0.05) is 42.5 Å². The highest BCUT2D eigenvalue weighted by Crippen LogP contribution is 2.29. The second kappa shape index (κ2) is 10.3. The first-order valence-electron chi connectivity index (χ1n) is 12.2. The molecule has 0 radical (unpaired) electrons. The van der Waals surface area contributed by atoms with Gasteiger partial charge in [0.1, 0.15) is 6.61 Å². The Kier molecular flexibility index (Phi) is 6.77. The predicted octanol–water partition coefficient (Wildman–Crippen LogP) is 4.61. The third kappa shape index (κ3) is 5.07. The van der Waals surface area contributed by atoms with Crippen LogP contribution in [0.3, 0.4) is 0 Å². The van der Waals surface area contributed by atoms with Crippen molar-refractivity contribution in [2.45, 2.75) is 38.3 Å². The minimum absolute atomic E-state index is 0.135. The van der Waals surface area contributed by atoms with Crippen molar-refractivity contribution in [2.75, 3.05) is 31.9 Å². The van der Waals surface area contributed by atoms with Crippen LogP contribution in [0.4, 0.5) is 5.82 Å². The Morgan fingerprint density at radius 3 is 2.50 bits per heavy atom. The fourth-order valence-electron chi connectivity index (χ4n) is 4.99. The van der Waals surface area contributed by atoms with Crippen LogP contribution in [0.2, 0.25) is 0 Å². The second-order valence-electron chi connectivity index (χ2n) is 9.26. The number of amides is 1. The van der Waals surface area contributed by atoms with Crippen LogP contribution in [-0.4, -0.2) is 52.9 Å². The number of nitrogen functional groups attached to an aromatic ring is 1. The van der Waals surface area contributed by atoms with Crippen LogP contribution < -0.4 is 10.5 Å². The van der Waals surface area contributed by atoms with E-state index in [1.165, 1.54) is 25.9 Å². The highest BCUT2D eigenvalue weighted by molar-refractivity contribution is 5.95. The molecular weight excluding hydrogens is 424 g/mol. The maximum atomic E-state index is 13.3. The van der Waals surface area contributed by atoms with Gasteiger partial charge in [0.15, 0.2) is 11.6 Å². The SMILES string of the molecule is Nc1ncc(-c2ccc(C(=O)N3CCCC3CN3CCCC3)cc2)cc1OCc1ccccc1. The summed E-state index contributed by atoms with van der Waals surface area (Å²) in [5.41, 5.74) is 9.74. The third-order valence-corrected chi connectivity index (χ3v) is 6.89. The van der Waals surface area contributed by atoms with Gasteiger partial charge in [0.2, 0.25) is 0 Å². The topological polar surface area (TPSA) is 71.7 Å². The van der Waals surface area contributed by atoms with Crippen molar-refractivity contribution in [2.24, 2.45) is 0 Å². The van der Waals surface area contributed by atoms with Gasteiger partial charge >= 0.3 is 0 Å². The number of anilines is 1. The summed E-state index contributed by atoms with van der Waals surface area (Å²) in [6, 6.07) is 20.0. The Bertz CT molecular complexity index is 1110. The first kappa shape index (κ1) is 22.4. The molecule has 6 nitrogen and oxygen atoms in total. The number of nitrogens with two attached hydrogens (primary N) is 1. The summed E-state index contributed by atoms with van der Waals surface area (Å²) in [5, 5.41) is 0. The van der Waals surface area contributed by atoms with E-state index in [0.29, 0.717) is 24.2 Å². The number of hydrogen-bond acceptors (Lipinski definition) is 5. The number of ether oxygens (including phenoxy) is 1. The molecule has 1 atom stereocenters. The molecule has 0 spiro atoms. The molecule has 2 aliphatic rings. The summed E-state index contributed by atoms with van der Waals surface area (Å²) < 4.78 is 5.93. The Morgan fingerprint density at radius 1 is 0.971 bits per heavy atom. The van der Waals surface area contributed by atoms with Crippen molar-refractivity contribution in [1.82, 2.24) is 14.8 Å². The Balaban J connectivity index is 1.26. The molecule has 2 fully saturated rings. The number of hydrogen-bond donors (Lipinski definition) is 1. The standard InChI is InChI=1S/C28H32N4O2/c29-27-26(34-20-21-7-2-1-3-8-21)17-24(18-30-27)22-10-12-23(13-11-22)28(33)32-16-6-9-25(32)19-31-14-4-5-15-31/h1-3,7-8,10-13,17-18,25H,4-6,9,14-16,19-20H2,(H2,29,30). The van der Waals surface area contributed by atoms with Crippen molar-refractivity contribution in [3.05, 3.63) is 78.0 Å². The van der Waals surface area contributed by atoms with E-state index in [-0.39, 0.29) is 5.91 Å². The van der Waals surface area contributed by atoms with Crippen LogP contribution in [0.5, 0.6) is 5.75 Å². The lowest BCUT2D eigenvalue weighted by Gasteiger charge is -2.28. The maximum Gasteiger partial charge on any atom is 0.254 e.